The van der Waals surface area contributed by atoms with E-state index >= 15 is 0 Å². The predicted molar refractivity (Wildman–Crippen MR) is 84.2 cm³/mol. The van der Waals surface area contributed by atoms with Gasteiger partial charge >= 0.3 is 0 Å². The molecule has 0 saturated heterocycles. The third-order valence-corrected chi connectivity index (χ3v) is 3.27. The van der Waals surface area contributed by atoms with E-state index in [1.807, 2.05) is 27.8 Å². The Morgan fingerprint density at radius 1 is 1.14 bits per heavy atom. The number of nitrogens with one attached hydrogen (secondary N) is 1. The first-order valence-electron chi connectivity index (χ1n) is 7.06. The van der Waals surface area contributed by atoms with Crippen molar-refractivity contribution in [2.45, 2.75) is 27.3 Å². The highest BCUT2D eigenvalue weighted by Gasteiger charge is 2.13. The lowest BCUT2D eigenvalue weighted by Gasteiger charge is -2.22. The Bertz CT molecular complexity index is 610. The minimum absolute atomic E-state index is 0.218. The fourth-order valence-electron chi connectivity index (χ4n) is 2.26. The lowest BCUT2D eigenvalue weighted by molar-refractivity contribution is 0.627. The Balaban J connectivity index is 2.25. The van der Waals surface area contributed by atoms with E-state index < -0.39 is 0 Å². The Morgan fingerprint density at radius 3 is 2.43 bits per heavy atom. The van der Waals surface area contributed by atoms with Gasteiger partial charge in [-0.2, -0.15) is 0 Å². The van der Waals surface area contributed by atoms with Crippen LogP contribution in [-0.2, 0) is 6.54 Å². The van der Waals surface area contributed by atoms with E-state index in [4.69, 9.17) is 0 Å². The number of halogens is 1. The van der Waals surface area contributed by atoms with Gasteiger partial charge in [-0.3, -0.25) is 0 Å². The highest BCUT2D eigenvalue weighted by atomic mass is 19.1. The molecule has 0 aliphatic heterocycles. The van der Waals surface area contributed by atoms with Gasteiger partial charge in [0.15, 0.2) is 0 Å². The van der Waals surface area contributed by atoms with Crippen LogP contribution in [0.1, 0.15) is 23.9 Å². The largest absolute Gasteiger partial charge is 0.370 e. The second-order valence-electron chi connectivity index (χ2n) is 5.08. The van der Waals surface area contributed by atoms with Crippen molar-refractivity contribution in [1.82, 2.24) is 9.97 Å². The summed E-state index contributed by atoms with van der Waals surface area (Å²) < 4.78 is 13.0. The van der Waals surface area contributed by atoms with Crippen LogP contribution in [-0.4, -0.2) is 23.6 Å². The summed E-state index contributed by atoms with van der Waals surface area (Å²) in [6.07, 6.45) is 0. The van der Waals surface area contributed by atoms with Crippen molar-refractivity contribution in [3.63, 3.8) is 0 Å². The molecule has 112 valence electrons. The van der Waals surface area contributed by atoms with Crippen LogP contribution < -0.4 is 10.2 Å². The first-order chi connectivity index (χ1) is 10.0. The minimum atomic E-state index is -0.218. The zero-order valence-corrected chi connectivity index (χ0v) is 12.9. The molecule has 0 spiro atoms. The maximum Gasteiger partial charge on any atom is 0.137 e. The minimum Gasteiger partial charge on any atom is -0.370 e. The lowest BCUT2D eigenvalue weighted by Crippen LogP contribution is -2.20. The van der Waals surface area contributed by atoms with Gasteiger partial charge in [-0.05, 0) is 38.5 Å². The van der Waals surface area contributed by atoms with Crippen molar-refractivity contribution >= 4 is 11.6 Å². The maximum absolute atomic E-state index is 13.0. The van der Waals surface area contributed by atoms with Crippen molar-refractivity contribution < 1.29 is 4.39 Å². The normalized spacial score (nSPS) is 10.5. The van der Waals surface area contributed by atoms with E-state index in [1.54, 1.807) is 12.1 Å². The summed E-state index contributed by atoms with van der Waals surface area (Å²) in [5, 5.41) is 3.26. The molecule has 2 rings (SSSR count). The summed E-state index contributed by atoms with van der Waals surface area (Å²) in [5.74, 6) is 2.27. The first-order valence-corrected chi connectivity index (χ1v) is 7.06. The summed E-state index contributed by atoms with van der Waals surface area (Å²) >= 11 is 0. The van der Waals surface area contributed by atoms with Gasteiger partial charge in [-0.1, -0.05) is 12.1 Å². The molecule has 5 heteroatoms. The molecule has 0 aliphatic rings. The summed E-state index contributed by atoms with van der Waals surface area (Å²) in [7, 11) is 1.98. The topological polar surface area (TPSA) is 41.1 Å². The zero-order chi connectivity index (χ0) is 15.4. The maximum atomic E-state index is 13.0. The number of rotatable bonds is 5. The Labute approximate surface area is 125 Å². The summed E-state index contributed by atoms with van der Waals surface area (Å²) in [5.41, 5.74) is 2.06. The molecule has 1 N–H and O–H groups in total. The number of hydrogen-bond donors (Lipinski definition) is 1. The van der Waals surface area contributed by atoms with Crippen LogP contribution in [0.15, 0.2) is 24.3 Å². The molecule has 21 heavy (non-hydrogen) atoms. The molecule has 1 heterocycles. The molecule has 1 aromatic carbocycles. The third-order valence-electron chi connectivity index (χ3n) is 3.27. The van der Waals surface area contributed by atoms with Gasteiger partial charge in [-0.25, -0.2) is 14.4 Å². The number of benzene rings is 1. The molecule has 0 unspecified atom stereocenters. The molecular weight excluding hydrogens is 267 g/mol. The van der Waals surface area contributed by atoms with Crippen LogP contribution in [0.2, 0.25) is 0 Å². The smallest absolute Gasteiger partial charge is 0.137 e. The van der Waals surface area contributed by atoms with Gasteiger partial charge in [0.05, 0.1) is 0 Å². The quantitative estimate of drug-likeness (QED) is 0.916. The average Bonchev–Trinajstić information content (AvgIpc) is 2.45. The van der Waals surface area contributed by atoms with Crippen LogP contribution >= 0.6 is 0 Å². The molecule has 0 fully saturated rings. The summed E-state index contributed by atoms with van der Waals surface area (Å²) in [6.45, 7) is 7.42. The number of anilines is 2. The average molecular weight is 288 g/mol. The van der Waals surface area contributed by atoms with Gasteiger partial charge in [0.1, 0.15) is 23.3 Å². The van der Waals surface area contributed by atoms with Crippen LogP contribution in [0, 0.1) is 19.7 Å². The zero-order valence-electron chi connectivity index (χ0n) is 12.9. The highest BCUT2D eigenvalue weighted by molar-refractivity contribution is 5.58. The summed E-state index contributed by atoms with van der Waals surface area (Å²) in [6, 6.07) is 6.54. The summed E-state index contributed by atoms with van der Waals surface area (Å²) in [4.78, 5) is 11.0. The van der Waals surface area contributed by atoms with Crippen LogP contribution in [0.5, 0.6) is 0 Å². The second kappa shape index (κ2) is 6.52. The Hall–Kier alpha value is -2.17. The Morgan fingerprint density at radius 2 is 1.81 bits per heavy atom. The molecular formula is C16H21FN4. The van der Waals surface area contributed by atoms with E-state index in [1.165, 1.54) is 12.1 Å². The van der Waals surface area contributed by atoms with E-state index in [0.717, 1.165) is 35.1 Å². The molecule has 0 atom stereocenters. The van der Waals surface area contributed by atoms with Gasteiger partial charge in [0.2, 0.25) is 0 Å². The molecule has 0 radical (unpaired) electrons. The number of hydrogen-bond acceptors (Lipinski definition) is 4. The van der Waals surface area contributed by atoms with Crippen molar-refractivity contribution in [2.24, 2.45) is 0 Å². The van der Waals surface area contributed by atoms with Crippen molar-refractivity contribution in [3.05, 3.63) is 47.0 Å². The van der Waals surface area contributed by atoms with Crippen LogP contribution in [0.25, 0.3) is 0 Å². The molecule has 4 nitrogen and oxygen atoms in total. The molecule has 1 aromatic heterocycles. The van der Waals surface area contributed by atoms with Gasteiger partial charge in [0.25, 0.3) is 0 Å². The number of aromatic nitrogens is 2. The van der Waals surface area contributed by atoms with Crippen LogP contribution in [0.3, 0.4) is 0 Å². The van der Waals surface area contributed by atoms with Crippen LogP contribution in [0.4, 0.5) is 16.0 Å². The molecule has 2 aromatic rings. The second-order valence-corrected chi connectivity index (χ2v) is 5.08. The predicted octanol–water partition coefficient (Wildman–Crippen LogP) is 3.30. The van der Waals surface area contributed by atoms with Gasteiger partial charge < -0.3 is 10.2 Å². The van der Waals surface area contributed by atoms with Crippen molar-refractivity contribution in [2.75, 3.05) is 23.8 Å². The van der Waals surface area contributed by atoms with E-state index in [0.29, 0.717) is 6.54 Å². The standard InChI is InChI=1S/C16H21FN4/c1-5-18-15-11(2)16(20-12(3)19-15)21(4)10-13-6-8-14(17)9-7-13/h6-9H,5,10H2,1-4H3,(H,18,19,20). The lowest BCUT2D eigenvalue weighted by atomic mass is 10.2. The number of nitrogens with zero attached hydrogens (tertiary/aromatic N) is 3. The van der Waals surface area contributed by atoms with Crippen molar-refractivity contribution in [3.8, 4) is 0 Å². The molecule has 0 aliphatic carbocycles. The van der Waals surface area contributed by atoms with Crippen molar-refractivity contribution in [1.29, 1.82) is 0 Å². The van der Waals surface area contributed by atoms with E-state index in [2.05, 4.69) is 20.2 Å². The van der Waals surface area contributed by atoms with Gasteiger partial charge in [0, 0.05) is 25.7 Å². The van der Waals surface area contributed by atoms with E-state index in [9.17, 15) is 4.39 Å². The fraction of sp³-hybridized carbons (Fsp3) is 0.375. The highest BCUT2D eigenvalue weighted by Crippen LogP contribution is 2.23. The molecule has 0 amide bonds. The first kappa shape index (κ1) is 15.2. The van der Waals surface area contributed by atoms with Gasteiger partial charge in [-0.15, -0.1) is 0 Å². The molecule has 0 bridgehead atoms. The van der Waals surface area contributed by atoms with E-state index in [-0.39, 0.29) is 5.82 Å². The third kappa shape index (κ3) is 3.68. The molecule has 0 saturated carbocycles. The Kier molecular flexibility index (Phi) is 4.73. The number of aryl methyl sites for hydroxylation is 1. The monoisotopic (exact) mass is 288 g/mol. The fourth-order valence-corrected chi connectivity index (χ4v) is 2.26. The SMILES string of the molecule is CCNc1nc(C)nc(N(C)Cc2ccc(F)cc2)c1C.